The number of ether oxygens (including phenoxy) is 1. The highest BCUT2D eigenvalue weighted by Crippen LogP contribution is 2.24. The quantitative estimate of drug-likeness (QED) is 0.805. The van der Waals surface area contributed by atoms with Crippen molar-refractivity contribution in [3.63, 3.8) is 0 Å². The van der Waals surface area contributed by atoms with Crippen molar-refractivity contribution in [1.82, 2.24) is 14.9 Å². The number of nitrogens with zero attached hydrogens (tertiary/aromatic N) is 3. The van der Waals surface area contributed by atoms with Crippen molar-refractivity contribution in [3.05, 3.63) is 29.7 Å². The highest BCUT2D eigenvalue weighted by molar-refractivity contribution is 5.79. The molecule has 0 bridgehead atoms. The molecule has 3 rings (SSSR count). The van der Waals surface area contributed by atoms with Gasteiger partial charge in [0.05, 0.1) is 0 Å². The van der Waals surface area contributed by atoms with Gasteiger partial charge in [0.2, 0.25) is 11.8 Å². The number of aromatic nitrogens is 2. The van der Waals surface area contributed by atoms with Crippen molar-refractivity contribution in [2.75, 3.05) is 13.1 Å². The van der Waals surface area contributed by atoms with E-state index in [0.29, 0.717) is 11.8 Å². The summed E-state index contributed by atoms with van der Waals surface area (Å²) in [5.41, 5.74) is 0.922. The van der Waals surface area contributed by atoms with Gasteiger partial charge in [0.15, 0.2) is 0 Å². The number of aryl methyl sites for hydroxylation is 2. The van der Waals surface area contributed by atoms with Gasteiger partial charge in [-0.25, -0.2) is 4.98 Å². The monoisotopic (exact) mass is 315 g/mol. The zero-order valence-corrected chi connectivity index (χ0v) is 14.0. The van der Waals surface area contributed by atoms with Crippen molar-refractivity contribution in [3.8, 4) is 5.88 Å². The second-order valence-electron chi connectivity index (χ2n) is 6.52. The van der Waals surface area contributed by atoms with Crippen LogP contribution >= 0.6 is 0 Å². The van der Waals surface area contributed by atoms with Gasteiger partial charge in [-0.05, 0) is 33.1 Å². The number of hydrogen-bond acceptors (Lipinski definition) is 4. The Hall–Kier alpha value is -1.91. The molecule has 0 aromatic carbocycles. The van der Waals surface area contributed by atoms with Gasteiger partial charge in [-0.15, -0.1) is 0 Å². The first-order valence-corrected chi connectivity index (χ1v) is 8.54. The number of rotatable bonds is 3. The van der Waals surface area contributed by atoms with Gasteiger partial charge in [-0.1, -0.05) is 12.2 Å². The average Bonchev–Trinajstić information content (AvgIpc) is 2.55. The van der Waals surface area contributed by atoms with Crippen LogP contribution in [0.3, 0.4) is 0 Å². The van der Waals surface area contributed by atoms with Crippen LogP contribution in [0.1, 0.15) is 43.6 Å². The van der Waals surface area contributed by atoms with Crippen molar-refractivity contribution < 1.29 is 9.53 Å². The van der Waals surface area contributed by atoms with Gasteiger partial charge in [-0.3, -0.25) is 4.79 Å². The minimum absolute atomic E-state index is 0.138. The standard InChI is InChI=1S/C18H25N3O2/c1-13-12-17(20-14(2)19-13)23-16-8-10-21(11-9-16)18(22)15-6-4-3-5-7-15/h3-4,12,15-16H,5-11H2,1-2H3/t15-/m0/s1. The topological polar surface area (TPSA) is 55.3 Å². The smallest absolute Gasteiger partial charge is 0.226 e. The Balaban J connectivity index is 1.52. The normalized spacial score (nSPS) is 22.2. The minimum Gasteiger partial charge on any atom is -0.474 e. The fraction of sp³-hybridized carbons (Fsp3) is 0.611. The minimum atomic E-state index is 0.138. The van der Waals surface area contributed by atoms with E-state index in [1.165, 1.54) is 0 Å². The van der Waals surface area contributed by atoms with Gasteiger partial charge in [0, 0.05) is 43.6 Å². The fourth-order valence-electron chi connectivity index (χ4n) is 3.38. The molecule has 0 N–H and O–H groups in total. The summed E-state index contributed by atoms with van der Waals surface area (Å²) in [6.07, 6.45) is 9.12. The summed E-state index contributed by atoms with van der Waals surface area (Å²) in [5, 5.41) is 0. The van der Waals surface area contributed by atoms with E-state index in [1.807, 2.05) is 24.8 Å². The first kappa shape index (κ1) is 16.0. The lowest BCUT2D eigenvalue weighted by molar-refractivity contribution is -0.137. The zero-order chi connectivity index (χ0) is 16.2. The van der Waals surface area contributed by atoms with Crippen molar-refractivity contribution in [1.29, 1.82) is 0 Å². The van der Waals surface area contributed by atoms with Crippen LogP contribution in [-0.2, 0) is 4.79 Å². The molecule has 1 fully saturated rings. The van der Waals surface area contributed by atoms with Crippen molar-refractivity contribution in [2.24, 2.45) is 5.92 Å². The van der Waals surface area contributed by atoms with Crippen LogP contribution in [0.2, 0.25) is 0 Å². The molecule has 23 heavy (non-hydrogen) atoms. The van der Waals surface area contributed by atoms with E-state index in [9.17, 15) is 4.79 Å². The highest BCUT2D eigenvalue weighted by atomic mass is 16.5. The summed E-state index contributed by atoms with van der Waals surface area (Å²) in [7, 11) is 0. The number of carbonyl (C=O) groups excluding carboxylic acids is 1. The lowest BCUT2D eigenvalue weighted by atomic mass is 9.92. The van der Waals surface area contributed by atoms with Gasteiger partial charge >= 0.3 is 0 Å². The number of piperidine rings is 1. The lowest BCUT2D eigenvalue weighted by Gasteiger charge is -2.34. The maximum absolute atomic E-state index is 12.5. The summed E-state index contributed by atoms with van der Waals surface area (Å²) in [5.74, 6) is 1.89. The fourth-order valence-corrected chi connectivity index (χ4v) is 3.38. The van der Waals surface area contributed by atoms with E-state index in [2.05, 4.69) is 22.1 Å². The van der Waals surface area contributed by atoms with Gasteiger partial charge in [-0.2, -0.15) is 4.98 Å². The third kappa shape index (κ3) is 4.09. The number of allylic oxidation sites excluding steroid dienone is 2. The molecule has 1 aromatic heterocycles. The Bertz CT molecular complexity index is 572. The summed E-state index contributed by atoms with van der Waals surface area (Å²) in [6.45, 7) is 5.39. The summed E-state index contributed by atoms with van der Waals surface area (Å²) in [6, 6.07) is 1.87. The van der Waals surface area contributed by atoms with Gasteiger partial charge < -0.3 is 9.64 Å². The van der Waals surface area contributed by atoms with Crippen LogP contribution in [0.4, 0.5) is 0 Å². The molecule has 1 saturated heterocycles. The molecule has 1 aromatic rings. The van der Waals surface area contributed by atoms with Crippen molar-refractivity contribution >= 4 is 5.91 Å². The predicted molar refractivity (Wildman–Crippen MR) is 88.2 cm³/mol. The van der Waals surface area contributed by atoms with Crippen LogP contribution in [-0.4, -0.2) is 40.0 Å². The number of hydrogen-bond donors (Lipinski definition) is 0. The second kappa shape index (κ2) is 7.11. The zero-order valence-electron chi connectivity index (χ0n) is 14.0. The molecule has 0 unspecified atom stereocenters. The van der Waals surface area contributed by atoms with Crippen molar-refractivity contribution in [2.45, 2.75) is 52.1 Å². The highest BCUT2D eigenvalue weighted by Gasteiger charge is 2.29. The molecule has 124 valence electrons. The Morgan fingerprint density at radius 2 is 1.96 bits per heavy atom. The first-order valence-electron chi connectivity index (χ1n) is 8.54. The first-order chi connectivity index (χ1) is 11.1. The molecule has 5 nitrogen and oxygen atoms in total. The van der Waals surface area contributed by atoms with Gasteiger partial charge in [0.1, 0.15) is 11.9 Å². The van der Waals surface area contributed by atoms with Crippen LogP contribution < -0.4 is 4.74 Å². The molecule has 1 atom stereocenters. The third-order valence-corrected chi connectivity index (χ3v) is 4.60. The Labute approximate surface area is 137 Å². The molecule has 5 heteroatoms. The summed E-state index contributed by atoms with van der Waals surface area (Å²) < 4.78 is 5.99. The molecular formula is C18H25N3O2. The molecule has 0 saturated carbocycles. The lowest BCUT2D eigenvalue weighted by Crippen LogP contribution is -2.44. The molecule has 0 radical (unpaired) electrons. The number of amides is 1. The summed E-state index contributed by atoms with van der Waals surface area (Å²) in [4.78, 5) is 23.2. The van der Waals surface area contributed by atoms with E-state index in [-0.39, 0.29) is 12.0 Å². The molecule has 2 aliphatic rings. The summed E-state index contributed by atoms with van der Waals surface area (Å²) >= 11 is 0. The predicted octanol–water partition coefficient (Wildman–Crippen LogP) is 2.82. The van der Waals surface area contributed by atoms with Gasteiger partial charge in [0.25, 0.3) is 0 Å². The van der Waals surface area contributed by atoms with E-state index in [1.54, 1.807) is 0 Å². The Morgan fingerprint density at radius 3 is 2.61 bits per heavy atom. The maximum atomic E-state index is 12.5. The Kier molecular flexibility index (Phi) is 4.94. The second-order valence-corrected chi connectivity index (χ2v) is 6.52. The number of carbonyl (C=O) groups is 1. The SMILES string of the molecule is Cc1cc(OC2CCN(C(=O)[C@H]3CC=CCC3)CC2)nc(C)n1. The molecule has 2 heterocycles. The van der Waals surface area contributed by atoms with Crippen LogP contribution in [0, 0.1) is 19.8 Å². The average molecular weight is 315 g/mol. The van der Waals surface area contributed by atoms with E-state index < -0.39 is 0 Å². The molecular weight excluding hydrogens is 290 g/mol. The third-order valence-electron chi connectivity index (χ3n) is 4.60. The van der Waals surface area contributed by atoms with E-state index >= 15 is 0 Å². The largest absolute Gasteiger partial charge is 0.474 e. The van der Waals surface area contributed by atoms with E-state index in [0.717, 1.165) is 56.7 Å². The molecule has 1 aliphatic heterocycles. The van der Waals surface area contributed by atoms with Crippen LogP contribution in [0.5, 0.6) is 5.88 Å². The van der Waals surface area contributed by atoms with E-state index in [4.69, 9.17) is 4.74 Å². The molecule has 0 spiro atoms. The Morgan fingerprint density at radius 1 is 1.17 bits per heavy atom. The van der Waals surface area contributed by atoms with Crippen LogP contribution in [0.15, 0.2) is 18.2 Å². The van der Waals surface area contributed by atoms with Crippen LogP contribution in [0.25, 0.3) is 0 Å². The number of likely N-dealkylation sites (tertiary alicyclic amines) is 1. The maximum Gasteiger partial charge on any atom is 0.226 e. The molecule has 1 amide bonds. The molecule has 1 aliphatic carbocycles.